The molecule has 1 fully saturated rings. The van der Waals surface area contributed by atoms with E-state index >= 15 is 0 Å². The predicted octanol–water partition coefficient (Wildman–Crippen LogP) is 3.09. The lowest BCUT2D eigenvalue weighted by Crippen LogP contribution is -2.50. The van der Waals surface area contributed by atoms with Crippen LogP contribution in [-0.2, 0) is 9.59 Å². The van der Waals surface area contributed by atoms with Crippen LogP contribution in [0.4, 0.5) is 11.4 Å². The number of nitrogens with zero attached hydrogens (tertiary/aromatic N) is 1. The lowest BCUT2D eigenvalue weighted by atomic mass is 10.1. The summed E-state index contributed by atoms with van der Waals surface area (Å²) in [5.41, 5.74) is 1.67. The summed E-state index contributed by atoms with van der Waals surface area (Å²) in [7, 11) is 0. The minimum atomic E-state index is -0.710. The van der Waals surface area contributed by atoms with Crippen molar-refractivity contribution in [1.29, 1.82) is 0 Å². The van der Waals surface area contributed by atoms with Gasteiger partial charge in [-0.3, -0.25) is 14.4 Å². The Morgan fingerprint density at radius 1 is 1.03 bits per heavy atom. The molecule has 0 radical (unpaired) electrons. The van der Waals surface area contributed by atoms with Crippen molar-refractivity contribution in [3.05, 3.63) is 54.1 Å². The van der Waals surface area contributed by atoms with Crippen LogP contribution < -0.4 is 25.6 Å². The first-order valence-corrected chi connectivity index (χ1v) is 12.0. The van der Waals surface area contributed by atoms with Gasteiger partial charge in [-0.05, 0) is 43.5 Å². The van der Waals surface area contributed by atoms with Crippen LogP contribution in [0.25, 0.3) is 0 Å². The van der Waals surface area contributed by atoms with E-state index < -0.39 is 6.10 Å². The van der Waals surface area contributed by atoms with Crippen LogP contribution in [0.15, 0.2) is 48.5 Å². The summed E-state index contributed by atoms with van der Waals surface area (Å²) in [6, 6.07) is 14.6. The summed E-state index contributed by atoms with van der Waals surface area (Å²) < 4.78 is 5.90. The SMILES string of the molecule is CCCNC(=O)[C@H]1CN(CC(=O)Nc2ccccc2C(=O)NC2CCCC2)c2ccccc2O1. The van der Waals surface area contributed by atoms with Crippen molar-refractivity contribution < 1.29 is 19.1 Å². The van der Waals surface area contributed by atoms with Crippen LogP contribution in [0.3, 0.4) is 0 Å². The van der Waals surface area contributed by atoms with Gasteiger partial charge in [0, 0.05) is 12.6 Å². The number of hydrogen-bond acceptors (Lipinski definition) is 5. The monoisotopic (exact) mass is 464 g/mol. The largest absolute Gasteiger partial charge is 0.477 e. The molecular formula is C26H32N4O4. The van der Waals surface area contributed by atoms with Gasteiger partial charge in [-0.25, -0.2) is 0 Å². The fourth-order valence-corrected chi connectivity index (χ4v) is 4.44. The maximum atomic E-state index is 13.0. The first-order valence-electron chi connectivity index (χ1n) is 12.0. The molecule has 3 amide bonds. The maximum Gasteiger partial charge on any atom is 0.262 e. The molecule has 0 bridgehead atoms. The third-order valence-electron chi connectivity index (χ3n) is 6.17. The van der Waals surface area contributed by atoms with E-state index in [4.69, 9.17) is 4.74 Å². The third-order valence-corrected chi connectivity index (χ3v) is 6.17. The van der Waals surface area contributed by atoms with E-state index in [1.807, 2.05) is 30.0 Å². The highest BCUT2D eigenvalue weighted by atomic mass is 16.5. The lowest BCUT2D eigenvalue weighted by Gasteiger charge is -2.35. The van der Waals surface area contributed by atoms with Crippen molar-refractivity contribution in [3.8, 4) is 5.75 Å². The number of carbonyl (C=O) groups is 3. The van der Waals surface area contributed by atoms with Crippen molar-refractivity contribution in [2.24, 2.45) is 0 Å². The van der Waals surface area contributed by atoms with Crippen molar-refractivity contribution >= 4 is 29.1 Å². The zero-order valence-electron chi connectivity index (χ0n) is 19.5. The number of nitrogens with one attached hydrogen (secondary N) is 3. The van der Waals surface area contributed by atoms with Gasteiger partial charge in [0.05, 0.1) is 30.0 Å². The lowest BCUT2D eigenvalue weighted by molar-refractivity contribution is -0.128. The van der Waals surface area contributed by atoms with E-state index in [0.29, 0.717) is 23.5 Å². The fourth-order valence-electron chi connectivity index (χ4n) is 4.44. The topological polar surface area (TPSA) is 99.8 Å². The average molecular weight is 465 g/mol. The molecule has 3 N–H and O–H groups in total. The second kappa shape index (κ2) is 11.0. The summed E-state index contributed by atoms with van der Waals surface area (Å²) >= 11 is 0. The molecular weight excluding hydrogens is 432 g/mol. The zero-order valence-corrected chi connectivity index (χ0v) is 19.5. The number of anilines is 2. The number of ether oxygens (including phenoxy) is 1. The maximum absolute atomic E-state index is 13.0. The van der Waals surface area contributed by atoms with Gasteiger partial charge in [0.15, 0.2) is 6.10 Å². The highest BCUT2D eigenvalue weighted by molar-refractivity contribution is 6.04. The number of para-hydroxylation sites is 3. The van der Waals surface area contributed by atoms with E-state index in [1.165, 1.54) is 0 Å². The number of hydrogen-bond donors (Lipinski definition) is 3. The molecule has 180 valence electrons. The number of amides is 3. The Morgan fingerprint density at radius 2 is 1.76 bits per heavy atom. The van der Waals surface area contributed by atoms with Gasteiger partial charge >= 0.3 is 0 Å². The number of fused-ring (bicyclic) bond motifs is 1. The standard InChI is InChI=1S/C26H32N4O4/c1-2-15-27-26(33)23-16-30(21-13-7-8-14-22(21)34-23)17-24(31)29-20-12-6-5-11-19(20)25(32)28-18-9-3-4-10-18/h5-8,11-14,18,23H,2-4,9-10,15-17H2,1H3,(H,27,33)(H,28,32)(H,29,31)/t23-/m1/s1. The second-order valence-corrected chi connectivity index (χ2v) is 8.79. The Labute approximate surface area is 200 Å². The molecule has 1 aliphatic heterocycles. The molecule has 2 aromatic rings. The van der Waals surface area contributed by atoms with E-state index in [-0.39, 0.29) is 36.9 Å². The Kier molecular flexibility index (Phi) is 7.67. The number of carbonyl (C=O) groups excluding carboxylic acids is 3. The van der Waals surface area contributed by atoms with E-state index in [0.717, 1.165) is 37.8 Å². The molecule has 8 nitrogen and oxygen atoms in total. The van der Waals surface area contributed by atoms with Crippen molar-refractivity contribution in [2.45, 2.75) is 51.2 Å². The van der Waals surface area contributed by atoms with Crippen LogP contribution in [0, 0.1) is 0 Å². The minimum Gasteiger partial charge on any atom is -0.477 e. The normalized spacial score (nSPS) is 17.4. The molecule has 0 saturated heterocycles. The summed E-state index contributed by atoms with van der Waals surface area (Å²) in [5, 5.41) is 8.83. The van der Waals surface area contributed by atoms with Gasteiger partial charge in [0.2, 0.25) is 5.91 Å². The molecule has 0 spiro atoms. The molecule has 1 aliphatic carbocycles. The fraction of sp³-hybridized carbons (Fsp3) is 0.423. The van der Waals surface area contributed by atoms with Crippen molar-refractivity contribution in [2.75, 3.05) is 29.9 Å². The molecule has 0 unspecified atom stereocenters. The Morgan fingerprint density at radius 3 is 2.56 bits per heavy atom. The quantitative estimate of drug-likeness (QED) is 0.558. The summed E-state index contributed by atoms with van der Waals surface area (Å²) in [5.74, 6) is -0.0806. The highest BCUT2D eigenvalue weighted by Crippen LogP contribution is 2.33. The van der Waals surface area contributed by atoms with E-state index in [1.54, 1.807) is 30.3 Å². The molecule has 0 aromatic heterocycles. The average Bonchev–Trinajstić information content (AvgIpc) is 3.35. The van der Waals surface area contributed by atoms with Crippen molar-refractivity contribution in [3.63, 3.8) is 0 Å². The highest BCUT2D eigenvalue weighted by Gasteiger charge is 2.31. The van der Waals surface area contributed by atoms with Crippen LogP contribution in [0.5, 0.6) is 5.75 Å². The summed E-state index contributed by atoms with van der Waals surface area (Å²) in [6.07, 6.45) is 4.35. The van der Waals surface area contributed by atoms with Gasteiger partial charge in [-0.15, -0.1) is 0 Å². The molecule has 8 heteroatoms. The molecule has 1 saturated carbocycles. The van der Waals surface area contributed by atoms with Gasteiger partial charge in [-0.2, -0.15) is 0 Å². The third kappa shape index (κ3) is 5.68. The van der Waals surface area contributed by atoms with Crippen LogP contribution in [-0.4, -0.2) is 49.5 Å². The molecule has 1 heterocycles. The Bertz CT molecular complexity index is 1030. The molecule has 2 aliphatic rings. The van der Waals surface area contributed by atoms with E-state index in [2.05, 4.69) is 16.0 Å². The molecule has 2 aromatic carbocycles. The minimum absolute atomic E-state index is 0.0243. The molecule has 4 rings (SSSR count). The number of rotatable bonds is 8. The molecule has 34 heavy (non-hydrogen) atoms. The summed E-state index contributed by atoms with van der Waals surface area (Å²) in [4.78, 5) is 40.2. The Hall–Kier alpha value is -3.55. The van der Waals surface area contributed by atoms with Gasteiger partial charge in [0.25, 0.3) is 11.8 Å². The first-order chi connectivity index (χ1) is 16.5. The van der Waals surface area contributed by atoms with Crippen LogP contribution >= 0.6 is 0 Å². The van der Waals surface area contributed by atoms with Gasteiger partial charge in [0.1, 0.15) is 5.75 Å². The number of benzene rings is 2. The Balaban J connectivity index is 1.45. The molecule has 1 atom stereocenters. The van der Waals surface area contributed by atoms with Crippen LogP contribution in [0.1, 0.15) is 49.4 Å². The summed E-state index contributed by atoms with van der Waals surface area (Å²) in [6.45, 7) is 2.83. The smallest absolute Gasteiger partial charge is 0.262 e. The van der Waals surface area contributed by atoms with Gasteiger partial charge < -0.3 is 25.6 Å². The van der Waals surface area contributed by atoms with E-state index in [9.17, 15) is 14.4 Å². The first kappa shape index (κ1) is 23.6. The zero-order chi connectivity index (χ0) is 23.9. The van der Waals surface area contributed by atoms with Crippen LogP contribution in [0.2, 0.25) is 0 Å². The predicted molar refractivity (Wildman–Crippen MR) is 131 cm³/mol. The second-order valence-electron chi connectivity index (χ2n) is 8.79. The van der Waals surface area contributed by atoms with Gasteiger partial charge in [-0.1, -0.05) is 44.0 Å². The van der Waals surface area contributed by atoms with Crippen molar-refractivity contribution in [1.82, 2.24) is 10.6 Å².